The van der Waals surface area contributed by atoms with Crippen LogP contribution in [-0.4, -0.2) is 42.6 Å². The molecule has 1 amide bonds. The molecule has 0 aliphatic carbocycles. The van der Waals surface area contributed by atoms with Crippen LogP contribution < -0.4 is 14.8 Å². The third-order valence-electron chi connectivity index (χ3n) is 4.20. The maximum Gasteiger partial charge on any atom is 0.259 e. The molecule has 25 heavy (non-hydrogen) atoms. The Kier molecular flexibility index (Phi) is 5.55. The fraction of sp³-hybridized carbons (Fsp3) is 0.444. The number of nitrogens with one attached hydrogen (secondary N) is 1. The van der Waals surface area contributed by atoms with Crippen molar-refractivity contribution in [2.45, 2.75) is 31.9 Å². The van der Waals surface area contributed by atoms with Crippen LogP contribution in [-0.2, 0) is 11.3 Å². The van der Waals surface area contributed by atoms with Crippen molar-refractivity contribution in [1.29, 1.82) is 0 Å². The fourth-order valence-corrected chi connectivity index (χ4v) is 2.95. The predicted octanol–water partition coefficient (Wildman–Crippen LogP) is 2.72. The first-order valence-electron chi connectivity index (χ1n) is 8.37. The Labute approximate surface area is 146 Å². The second kappa shape index (κ2) is 8.02. The second-order valence-electron chi connectivity index (χ2n) is 5.93. The molecule has 1 aromatic carbocycles. The van der Waals surface area contributed by atoms with Gasteiger partial charge in [-0.05, 0) is 31.4 Å². The summed E-state index contributed by atoms with van der Waals surface area (Å²) in [4.78, 5) is 12.6. The Hall–Kier alpha value is -2.54. The predicted molar refractivity (Wildman–Crippen MR) is 93.3 cm³/mol. The molecule has 7 nitrogen and oxygen atoms in total. The quantitative estimate of drug-likeness (QED) is 0.871. The van der Waals surface area contributed by atoms with Gasteiger partial charge in [0.15, 0.2) is 11.5 Å². The zero-order valence-corrected chi connectivity index (χ0v) is 14.5. The lowest BCUT2D eigenvalue weighted by molar-refractivity contribution is 0.00401. The summed E-state index contributed by atoms with van der Waals surface area (Å²) >= 11 is 0. The summed E-state index contributed by atoms with van der Waals surface area (Å²) in [6, 6.07) is 5.19. The van der Waals surface area contributed by atoms with Crippen molar-refractivity contribution in [2.75, 3.05) is 26.1 Å². The number of amides is 1. The molecule has 2 aromatic rings. The molecular weight excluding hydrogens is 322 g/mol. The summed E-state index contributed by atoms with van der Waals surface area (Å²) in [5.41, 5.74) is 1.04. The maximum absolute atomic E-state index is 12.6. The number of benzene rings is 1. The van der Waals surface area contributed by atoms with Crippen LogP contribution >= 0.6 is 0 Å². The zero-order chi connectivity index (χ0) is 17.6. The van der Waals surface area contributed by atoms with Gasteiger partial charge in [0.05, 0.1) is 44.3 Å². The average Bonchev–Trinajstić information content (AvgIpc) is 3.08. The summed E-state index contributed by atoms with van der Waals surface area (Å²) < 4.78 is 18.1. The smallest absolute Gasteiger partial charge is 0.259 e. The molecule has 3 rings (SSSR count). The van der Waals surface area contributed by atoms with Crippen LogP contribution in [0.2, 0.25) is 0 Å². The van der Waals surface area contributed by atoms with E-state index in [0.29, 0.717) is 29.3 Å². The van der Waals surface area contributed by atoms with Gasteiger partial charge in [-0.3, -0.25) is 9.48 Å². The molecule has 0 unspecified atom stereocenters. The third-order valence-corrected chi connectivity index (χ3v) is 4.20. The van der Waals surface area contributed by atoms with Gasteiger partial charge in [-0.2, -0.15) is 5.10 Å². The number of nitrogens with zero attached hydrogens (tertiary/aromatic N) is 2. The fourth-order valence-electron chi connectivity index (χ4n) is 2.95. The van der Waals surface area contributed by atoms with Gasteiger partial charge in [0.25, 0.3) is 5.91 Å². The number of anilines is 1. The second-order valence-corrected chi connectivity index (χ2v) is 5.93. The highest BCUT2D eigenvalue weighted by Crippen LogP contribution is 2.31. The van der Waals surface area contributed by atoms with Crippen molar-refractivity contribution in [2.24, 2.45) is 0 Å². The number of aromatic nitrogens is 2. The minimum atomic E-state index is -0.274. The summed E-state index contributed by atoms with van der Waals surface area (Å²) in [5, 5.41) is 7.14. The summed E-state index contributed by atoms with van der Waals surface area (Å²) in [6.45, 7) is 1.50. The van der Waals surface area contributed by atoms with Crippen LogP contribution in [0.4, 0.5) is 5.69 Å². The van der Waals surface area contributed by atoms with E-state index in [9.17, 15) is 4.79 Å². The minimum Gasteiger partial charge on any atom is -0.493 e. The number of ether oxygens (including phenoxy) is 3. The normalized spacial score (nSPS) is 17.1. The monoisotopic (exact) mass is 345 g/mol. The topological polar surface area (TPSA) is 74.6 Å². The first kappa shape index (κ1) is 17.3. The van der Waals surface area contributed by atoms with Crippen molar-refractivity contribution < 1.29 is 19.0 Å². The molecule has 7 heteroatoms. The lowest BCUT2D eigenvalue weighted by atomic mass is 10.1. The Morgan fingerprint density at radius 2 is 2.24 bits per heavy atom. The SMILES string of the molecule is COc1cccc(C(=O)Nc2cnn(C[C@H]3CCCCO3)c2)c1OC. The Morgan fingerprint density at radius 1 is 1.36 bits per heavy atom. The molecule has 1 saturated heterocycles. The van der Waals surface area contributed by atoms with Gasteiger partial charge in [-0.25, -0.2) is 0 Å². The lowest BCUT2D eigenvalue weighted by Crippen LogP contribution is -2.24. The van der Waals surface area contributed by atoms with Crippen LogP contribution in [0.3, 0.4) is 0 Å². The Bertz CT molecular complexity index is 723. The Balaban J connectivity index is 1.67. The van der Waals surface area contributed by atoms with Gasteiger partial charge in [0, 0.05) is 12.8 Å². The van der Waals surface area contributed by atoms with Gasteiger partial charge in [0.2, 0.25) is 0 Å². The standard InChI is InChI=1S/C18H23N3O4/c1-23-16-8-5-7-15(17(16)24-2)18(22)20-13-10-19-21(11-13)12-14-6-3-4-9-25-14/h5,7-8,10-11,14H,3-4,6,9,12H2,1-2H3,(H,20,22)/t14-/m1/s1. The molecule has 1 aromatic heterocycles. The van der Waals surface area contributed by atoms with Crippen molar-refractivity contribution in [1.82, 2.24) is 9.78 Å². The molecule has 1 N–H and O–H groups in total. The molecular formula is C18H23N3O4. The van der Waals surface area contributed by atoms with Crippen LogP contribution in [0.15, 0.2) is 30.6 Å². The highest BCUT2D eigenvalue weighted by atomic mass is 16.5. The third kappa shape index (κ3) is 4.11. The number of carbonyl (C=O) groups is 1. The van der Waals surface area contributed by atoms with E-state index in [1.807, 2.05) is 6.20 Å². The highest BCUT2D eigenvalue weighted by molar-refractivity contribution is 6.06. The number of para-hydroxylation sites is 1. The van der Waals surface area contributed by atoms with Crippen molar-refractivity contribution >= 4 is 11.6 Å². The van der Waals surface area contributed by atoms with Crippen LogP contribution in [0, 0.1) is 0 Å². The molecule has 134 valence electrons. The summed E-state index contributed by atoms with van der Waals surface area (Å²) in [5.74, 6) is 0.648. The van der Waals surface area contributed by atoms with E-state index >= 15 is 0 Å². The van der Waals surface area contributed by atoms with Gasteiger partial charge < -0.3 is 19.5 Å². The zero-order valence-electron chi connectivity index (χ0n) is 14.5. The van der Waals surface area contributed by atoms with Gasteiger partial charge in [-0.1, -0.05) is 6.07 Å². The van der Waals surface area contributed by atoms with E-state index in [-0.39, 0.29) is 12.0 Å². The van der Waals surface area contributed by atoms with Crippen molar-refractivity contribution in [3.05, 3.63) is 36.2 Å². The maximum atomic E-state index is 12.6. The number of rotatable bonds is 6. The molecule has 0 saturated carbocycles. The number of carbonyl (C=O) groups excluding carboxylic acids is 1. The van der Waals surface area contributed by atoms with Gasteiger partial charge >= 0.3 is 0 Å². The highest BCUT2D eigenvalue weighted by Gasteiger charge is 2.18. The number of methoxy groups -OCH3 is 2. The summed E-state index contributed by atoms with van der Waals surface area (Å²) in [6.07, 6.45) is 6.98. The van der Waals surface area contributed by atoms with E-state index in [4.69, 9.17) is 14.2 Å². The van der Waals surface area contributed by atoms with Crippen molar-refractivity contribution in [3.63, 3.8) is 0 Å². The minimum absolute atomic E-state index is 0.190. The number of hydrogen-bond donors (Lipinski definition) is 1. The molecule has 0 radical (unpaired) electrons. The molecule has 1 aliphatic heterocycles. The van der Waals surface area contributed by atoms with E-state index < -0.39 is 0 Å². The van der Waals surface area contributed by atoms with Crippen LogP contribution in [0.5, 0.6) is 11.5 Å². The first-order valence-corrected chi connectivity index (χ1v) is 8.37. The summed E-state index contributed by atoms with van der Waals surface area (Å²) in [7, 11) is 3.05. The molecule has 1 atom stereocenters. The van der Waals surface area contributed by atoms with E-state index in [2.05, 4.69) is 10.4 Å². The largest absolute Gasteiger partial charge is 0.493 e. The average molecular weight is 345 g/mol. The first-order chi connectivity index (χ1) is 12.2. The number of hydrogen-bond acceptors (Lipinski definition) is 5. The van der Waals surface area contributed by atoms with E-state index in [1.165, 1.54) is 20.6 Å². The van der Waals surface area contributed by atoms with E-state index in [0.717, 1.165) is 19.4 Å². The van der Waals surface area contributed by atoms with Gasteiger partial charge in [-0.15, -0.1) is 0 Å². The molecule has 2 heterocycles. The molecule has 0 bridgehead atoms. The Morgan fingerprint density at radius 3 is 2.96 bits per heavy atom. The van der Waals surface area contributed by atoms with Crippen molar-refractivity contribution in [3.8, 4) is 11.5 Å². The van der Waals surface area contributed by atoms with Crippen LogP contribution in [0.1, 0.15) is 29.6 Å². The molecule has 1 fully saturated rings. The molecule has 1 aliphatic rings. The lowest BCUT2D eigenvalue weighted by Gasteiger charge is -2.22. The van der Waals surface area contributed by atoms with Gasteiger partial charge in [0.1, 0.15) is 0 Å². The van der Waals surface area contributed by atoms with Crippen LogP contribution in [0.25, 0.3) is 0 Å². The molecule has 0 spiro atoms. The van der Waals surface area contributed by atoms with E-state index in [1.54, 1.807) is 29.1 Å².